The van der Waals surface area contributed by atoms with Crippen molar-refractivity contribution < 1.29 is 17.9 Å². The smallest absolute Gasteiger partial charge is 0.264 e. The SMILES string of the molecule is Cc1cccc(C)c1-c1cc2nc(n1)NS(=O)(=O)c1cccc(c1)C(=O)N1CC(CNCC1CC(C)C)O2. The zero-order chi connectivity index (χ0) is 27.0. The minimum absolute atomic E-state index is 0.0314. The quantitative estimate of drug-likeness (QED) is 0.525. The van der Waals surface area contributed by atoms with E-state index < -0.39 is 16.1 Å². The number of carbonyl (C=O) groups excluding carboxylic acids is 1. The summed E-state index contributed by atoms with van der Waals surface area (Å²) in [6.45, 7) is 9.69. The van der Waals surface area contributed by atoms with Crippen LogP contribution in [0.25, 0.3) is 11.3 Å². The highest BCUT2D eigenvalue weighted by molar-refractivity contribution is 7.92. The van der Waals surface area contributed by atoms with Gasteiger partial charge in [0.1, 0.15) is 6.10 Å². The molecule has 3 aromatic rings. The molecule has 2 atom stereocenters. The van der Waals surface area contributed by atoms with Crippen LogP contribution in [0.4, 0.5) is 5.95 Å². The van der Waals surface area contributed by atoms with Crippen LogP contribution in [0.15, 0.2) is 53.4 Å². The maximum Gasteiger partial charge on any atom is 0.264 e. The van der Waals surface area contributed by atoms with Crippen LogP contribution in [-0.2, 0) is 10.0 Å². The Hall–Kier alpha value is -3.50. The summed E-state index contributed by atoms with van der Waals surface area (Å²) in [7, 11) is -4.08. The van der Waals surface area contributed by atoms with E-state index in [9.17, 15) is 13.2 Å². The van der Waals surface area contributed by atoms with Crippen LogP contribution in [0.1, 0.15) is 41.8 Å². The van der Waals surface area contributed by atoms with Gasteiger partial charge >= 0.3 is 0 Å². The predicted molar refractivity (Wildman–Crippen MR) is 146 cm³/mol. The fraction of sp³-hybridized carbons (Fsp3) is 0.393. The van der Waals surface area contributed by atoms with Crippen molar-refractivity contribution in [1.82, 2.24) is 20.2 Å². The van der Waals surface area contributed by atoms with E-state index >= 15 is 0 Å². The molecular formula is C28H33N5O4S. The number of benzene rings is 2. The fourth-order valence-electron chi connectivity index (χ4n) is 5.23. The van der Waals surface area contributed by atoms with Crippen molar-refractivity contribution in [3.05, 3.63) is 65.2 Å². The van der Waals surface area contributed by atoms with Crippen molar-refractivity contribution in [1.29, 1.82) is 0 Å². The molecule has 10 heteroatoms. The van der Waals surface area contributed by atoms with Gasteiger partial charge in [0.15, 0.2) is 0 Å². The molecule has 0 aliphatic carbocycles. The van der Waals surface area contributed by atoms with E-state index in [-0.39, 0.29) is 28.7 Å². The van der Waals surface area contributed by atoms with Gasteiger partial charge in [0.05, 0.1) is 17.1 Å². The lowest BCUT2D eigenvalue weighted by Gasteiger charge is -2.32. The molecule has 6 bridgehead atoms. The molecule has 2 aliphatic rings. The Morgan fingerprint density at radius 1 is 1.05 bits per heavy atom. The number of hydrogen-bond donors (Lipinski definition) is 2. The number of aromatic nitrogens is 2. The first-order valence-electron chi connectivity index (χ1n) is 12.9. The second-order valence-corrected chi connectivity index (χ2v) is 12.1. The number of aryl methyl sites for hydroxylation is 2. The Labute approximate surface area is 223 Å². The summed E-state index contributed by atoms with van der Waals surface area (Å²) in [5, 5.41) is 3.45. The van der Waals surface area contributed by atoms with E-state index in [1.807, 2.05) is 36.9 Å². The zero-order valence-corrected chi connectivity index (χ0v) is 22.9. The molecule has 1 aromatic heterocycles. The minimum Gasteiger partial charge on any atom is -0.471 e. The van der Waals surface area contributed by atoms with Crippen molar-refractivity contribution in [3.63, 3.8) is 0 Å². The fourth-order valence-corrected chi connectivity index (χ4v) is 6.22. The average Bonchev–Trinajstić information content (AvgIpc) is 3.04. The maximum atomic E-state index is 13.8. The zero-order valence-electron chi connectivity index (χ0n) is 22.1. The number of ether oxygens (including phenoxy) is 1. The Balaban J connectivity index is 1.67. The monoisotopic (exact) mass is 535 g/mol. The molecule has 2 aliphatic heterocycles. The number of anilines is 1. The number of fused-ring (bicyclic) bond motifs is 6. The van der Waals surface area contributed by atoms with Gasteiger partial charge in [-0.25, -0.2) is 18.1 Å². The number of amides is 1. The second kappa shape index (κ2) is 10.3. The van der Waals surface area contributed by atoms with Crippen LogP contribution in [0.2, 0.25) is 0 Å². The average molecular weight is 536 g/mol. The molecule has 9 nitrogen and oxygen atoms in total. The third kappa shape index (κ3) is 5.37. The number of nitrogens with one attached hydrogen (secondary N) is 2. The van der Waals surface area contributed by atoms with E-state index in [1.54, 1.807) is 18.2 Å². The lowest BCUT2D eigenvalue weighted by molar-refractivity contribution is 0.0584. The summed E-state index contributed by atoms with van der Waals surface area (Å²) < 4.78 is 35.6. The minimum atomic E-state index is -4.08. The molecule has 2 aromatic carbocycles. The van der Waals surface area contributed by atoms with E-state index in [2.05, 4.69) is 33.9 Å². The van der Waals surface area contributed by atoms with Crippen molar-refractivity contribution in [2.75, 3.05) is 24.4 Å². The first-order valence-corrected chi connectivity index (χ1v) is 14.4. The number of nitrogens with zero attached hydrogens (tertiary/aromatic N) is 3. The van der Waals surface area contributed by atoms with E-state index in [0.29, 0.717) is 36.8 Å². The normalized spacial score (nSPS) is 20.9. The topological polar surface area (TPSA) is 114 Å². The standard InChI is InChI=1S/C28H33N5O4S/c1-17(2)11-21-14-29-15-22-16-33(21)27(34)20-9-6-10-23(12-20)38(35,36)32-28-30-24(13-25(31-28)37-22)26-18(3)7-5-8-19(26)4/h5-10,12-13,17,21-22,29H,11,14-16H2,1-4H3,(H,30,31,32). The highest BCUT2D eigenvalue weighted by atomic mass is 32.2. The Morgan fingerprint density at radius 2 is 1.79 bits per heavy atom. The highest BCUT2D eigenvalue weighted by Crippen LogP contribution is 2.30. The van der Waals surface area contributed by atoms with Gasteiger partial charge in [-0.1, -0.05) is 38.1 Å². The van der Waals surface area contributed by atoms with Crippen LogP contribution in [-0.4, -0.2) is 61.0 Å². The molecule has 2 unspecified atom stereocenters. The molecule has 1 saturated heterocycles. The third-order valence-electron chi connectivity index (χ3n) is 6.94. The Bertz CT molecular complexity index is 1450. The summed E-state index contributed by atoms with van der Waals surface area (Å²) in [6.07, 6.45) is 0.407. The van der Waals surface area contributed by atoms with Gasteiger partial charge in [0.25, 0.3) is 15.9 Å². The van der Waals surface area contributed by atoms with Crippen molar-refractivity contribution in [2.24, 2.45) is 5.92 Å². The molecule has 5 rings (SSSR count). The van der Waals surface area contributed by atoms with Crippen molar-refractivity contribution in [3.8, 4) is 17.1 Å². The molecule has 0 saturated carbocycles. The molecule has 0 radical (unpaired) electrons. The number of carbonyl (C=O) groups is 1. The van der Waals surface area contributed by atoms with Gasteiger partial charge in [-0.2, -0.15) is 4.98 Å². The third-order valence-corrected chi connectivity index (χ3v) is 8.27. The van der Waals surface area contributed by atoms with E-state index in [0.717, 1.165) is 23.1 Å². The van der Waals surface area contributed by atoms with Crippen LogP contribution in [0, 0.1) is 19.8 Å². The molecule has 2 N–H and O–H groups in total. The molecule has 38 heavy (non-hydrogen) atoms. The maximum absolute atomic E-state index is 13.8. The summed E-state index contributed by atoms with van der Waals surface area (Å²) in [5.41, 5.74) is 3.75. The summed E-state index contributed by atoms with van der Waals surface area (Å²) in [4.78, 5) is 24.6. The van der Waals surface area contributed by atoms with Gasteiger partial charge in [-0.3, -0.25) is 4.79 Å². The number of rotatable bonds is 3. The molecule has 3 heterocycles. The van der Waals surface area contributed by atoms with Crippen molar-refractivity contribution >= 4 is 21.9 Å². The van der Waals surface area contributed by atoms with Crippen molar-refractivity contribution in [2.45, 2.75) is 51.2 Å². The lowest BCUT2D eigenvalue weighted by Crippen LogP contribution is -2.46. The molecule has 1 fully saturated rings. The van der Waals surface area contributed by atoms with Crippen LogP contribution in [0.5, 0.6) is 5.88 Å². The lowest BCUT2D eigenvalue weighted by atomic mass is 10.00. The van der Waals surface area contributed by atoms with Gasteiger partial charge < -0.3 is 15.0 Å². The van der Waals surface area contributed by atoms with Crippen LogP contribution >= 0.6 is 0 Å². The Morgan fingerprint density at radius 3 is 2.53 bits per heavy atom. The molecule has 0 spiro atoms. The summed E-state index contributed by atoms with van der Waals surface area (Å²) in [5.74, 6) is 0.297. The largest absolute Gasteiger partial charge is 0.471 e. The predicted octanol–water partition coefficient (Wildman–Crippen LogP) is 3.78. The van der Waals surface area contributed by atoms with Gasteiger partial charge in [-0.05, 0) is 55.5 Å². The molecule has 200 valence electrons. The number of sulfonamides is 1. The van der Waals surface area contributed by atoms with Gasteiger partial charge in [0, 0.05) is 36.3 Å². The number of hydrogen-bond acceptors (Lipinski definition) is 7. The summed E-state index contributed by atoms with van der Waals surface area (Å²) in [6, 6.07) is 13.7. The van der Waals surface area contributed by atoms with Crippen LogP contribution in [0.3, 0.4) is 0 Å². The van der Waals surface area contributed by atoms with Gasteiger partial charge in [-0.15, -0.1) is 0 Å². The van der Waals surface area contributed by atoms with E-state index in [1.165, 1.54) is 12.1 Å². The summed E-state index contributed by atoms with van der Waals surface area (Å²) >= 11 is 0. The highest BCUT2D eigenvalue weighted by Gasteiger charge is 2.33. The second-order valence-electron chi connectivity index (χ2n) is 10.5. The molecule has 1 amide bonds. The van der Waals surface area contributed by atoms with Gasteiger partial charge in [0.2, 0.25) is 11.8 Å². The van der Waals surface area contributed by atoms with E-state index in [4.69, 9.17) is 4.74 Å². The first-order chi connectivity index (χ1) is 18.1. The van der Waals surface area contributed by atoms with Crippen LogP contribution < -0.4 is 14.8 Å². The Kier molecular flexibility index (Phi) is 7.11. The first kappa shape index (κ1) is 26.1. The molecular weight excluding hydrogens is 502 g/mol.